The highest BCUT2D eigenvalue weighted by molar-refractivity contribution is 5.77. The molecule has 2 aromatic heterocycles. The fourth-order valence-corrected chi connectivity index (χ4v) is 1.64. The zero-order valence-corrected chi connectivity index (χ0v) is 9.66. The van der Waals surface area contributed by atoms with Crippen molar-refractivity contribution in [1.29, 1.82) is 5.26 Å². The van der Waals surface area contributed by atoms with Gasteiger partial charge in [-0.2, -0.15) is 15.2 Å². The summed E-state index contributed by atoms with van der Waals surface area (Å²) in [5.41, 5.74) is 7.07. The molecule has 2 heterocycles. The van der Waals surface area contributed by atoms with E-state index in [0.29, 0.717) is 22.5 Å². The van der Waals surface area contributed by atoms with E-state index < -0.39 is 0 Å². The summed E-state index contributed by atoms with van der Waals surface area (Å²) in [5.74, 6) is 0.842. The van der Waals surface area contributed by atoms with Gasteiger partial charge in [0.2, 0.25) is 5.95 Å². The number of nitrogen functional groups attached to an aromatic ring is 1. The van der Waals surface area contributed by atoms with Crippen LogP contribution in [-0.4, -0.2) is 19.9 Å². The van der Waals surface area contributed by atoms with Gasteiger partial charge in [-0.3, -0.25) is 0 Å². The van der Waals surface area contributed by atoms with Gasteiger partial charge in [-0.1, -0.05) is 6.07 Å². The number of aromatic nitrogens is 4. The van der Waals surface area contributed by atoms with Crippen molar-refractivity contribution in [3.63, 3.8) is 0 Å². The average molecular weight is 252 g/mol. The molecule has 19 heavy (non-hydrogen) atoms. The molecule has 0 atom stereocenters. The largest absolute Gasteiger partial charge is 0.437 e. The number of fused-ring (bicyclic) bond motifs is 1. The Morgan fingerprint density at radius 1 is 1.32 bits per heavy atom. The van der Waals surface area contributed by atoms with Crippen LogP contribution in [0.1, 0.15) is 5.56 Å². The minimum absolute atomic E-state index is 0.0750. The van der Waals surface area contributed by atoms with Crippen LogP contribution in [-0.2, 0) is 0 Å². The van der Waals surface area contributed by atoms with Crippen LogP contribution in [0.3, 0.4) is 0 Å². The van der Waals surface area contributed by atoms with Crippen molar-refractivity contribution in [3.05, 3.63) is 36.2 Å². The molecule has 0 fully saturated rings. The number of anilines is 1. The maximum atomic E-state index is 8.84. The molecule has 7 nitrogen and oxygen atoms in total. The molecule has 0 aliphatic carbocycles. The SMILES string of the molecule is N#Cc1cccc(Oc2nc(N)nc3nc[nH]c23)c1. The van der Waals surface area contributed by atoms with Gasteiger partial charge in [-0.25, -0.2) is 4.98 Å². The molecule has 0 aliphatic heterocycles. The number of nitriles is 1. The third-order valence-corrected chi connectivity index (χ3v) is 2.45. The number of H-pyrrole nitrogens is 1. The van der Waals surface area contributed by atoms with E-state index in [1.807, 2.05) is 6.07 Å². The van der Waals surface area contributed by atoms with Crippen molar-refractivity contribution in [2.24, 2.45) is 0 Å². The Hall–Kier alpha value is -3.14. The lowest BCUT2D eigenvalue weighted by molar-refractivity contribution is 0.468. The summed E-state index contributed by atoms with van der Waals surface area (Å²) in [6, 6.07) is 8.79. The summed E-state index contributed by atoms with van der Waals surface area (Å²) >= 11 is 0. The first-order valence-electron chi connectivity index (χ1n) is 5.41. The molecule has 0 amide bonds. The number of nitrogens with one attached hydrogen (secondary N) is 1. The van der Waals surface area contributed by atoms with Gasteiger partial charge in [0.1, 0.15) is 11.3 Å². The van der Waals surface area contributed by atoms with E-state index in [4.69, 9.17) is 15.7 Å². The number of imidazole rings is 1. The molecule has 3 N–H and O–H groups in total. The summed E-state index contributed by atoms with van der Waals surface area (Å²) in [5, 5.41) is 8.84. The zero-order valence-electron chi connectivity index (χ0n) is 9.66. The zero-order chi connectivity index (χ0) is 13.2. The van der Waals surface area contributed by atoms with Gasteiger partial charge >= 0.3 is 0 Å². The quantitative estimate of drug-likeness (QED) is 0.716. The first-order valence-corrected chi connectivity index (χ1v) is 5.41. The fraction of sp³-hybridized carbons (Fsp3) is 0. The normalized spacial score (nSPS) is 10.3. The van der Waals surface area contributed by atoms with Gasteiger partial charge in [0.05, 0.1) is 18.0 Å². The highest BCUT2D eigenvalue weighted by atomic mass is 16.5. The van der Waals surface area contributed by atoms with E-state index in [1.54, 1.807) is 24.3 Å². The molecule has 0 unspecified atom stereocenters. The van der Waals surface area contributed by atoms with Crippen LogP contribution >= 0.6 is 0 Å². The second-order valence-electron chi connectivity index (χ2n) is 3.73. The molecule has 3 aromatic rings. The van der Waals surface area contributed by atoms with Crippen LogP contribution in [0.2, 0.25) is 0 Å². The molecule has 0 aliphatic rings. The first-order chi connectivity index (χ1) is 9.26. The fourth-order valence-electron chi connectivity index (χ4n) is 1.64. The minimum atomic E-state index is 0.0750. The Kier molecular flexibility index (Phi) is 2.47. The highest BCUT2D eigenvalue weighted by Gasteiger charge is 2.10. The third-order valence-electron chi connectivity index (χ3n) is 2.45. The molecule has 92 valence electrons. The summed E-state index contributed by atoms with van der Waals surface area (Å²) < 4.78 is 5.62. The molecule has 3 rings (SSSR count). The molecular weight excluding hydrogens is 244 g/mol. The number of hydrogen-bond donors (Lipinski definition) is 2. The van der Waals surface area contributed by atoms with Gasteiger partial charge < -0.3 is 15.5 Å². The van der Waals surface area contributed by atoms with Gasteiger partial charge in [-0.15, -0.1) is 0 Å². The molecule has 0 radical (unpaired) electrons. The topological polar surface area (TPSA) is 114 Å². The second-order valence-corrected chi connectivity index (χ2v) is 3.73. The lowest BCUT2D eigenvalue weighted by atomic mass is 10.2. The Morgan fingerprint density at radius 3 is 3.05 bits per heavy atom. The maximum Gasteiger partial charge on any atom is 0.250 e. The van der Waals surface area contributed by atoms with Crippen LogP contribution < -0.4 is 10.5 Å². The summed E-state index contributed by atoms with van der Waals surface area (Å²) in [7, 11) is 0. The van der Waals surface area contributed by atoms with Gasteiger partial charge in [0.15, 0.2) is 5.65 Å². The van der Waals surface area contributed by atoms with Crippen molar-refractivity contribution >= 4 is 17.1 Å². The first kappa shape index (κ1) is 11.0. The van der Waals surface area contributed by atoms with E-state index in [9.17, 15) is 0 Å². The number of ether oxygens (including phenoxy) is 1. The molecule has 0 saturated heterocycles. The van der Waals surface area contributed by atoms with Gasteiger partial charge in [0, 0.05) is 0 Å². The summed E-state index contributed by atoms with van der Waals surface area (Å²) in [6.07, 6.45) is 1.48. The molecule has 0 saturated carbocycles. The van der Waals surface area contributed by atoms with Crippen LogP contribution in [0, 0.1) is 11.3 Å². The Labute approximate surface area is 107 Å². The van der Waals surface area contributed by atoms with Crippen LogP contribution in [0.15, 0.2) is 30.6 Å². The second kappa shape index (κ2) is 4.27. The number of benzene rings is 1. The predicted molar refractivity (Wildman–Crippen MR) is 67.3 cm³/mol. The van der Waals surface area contributed by atoms with E-state index >= 15 is 0 Å². The van der Waals surface area contributed by atoms with Crippen molar-refractivity contribution < 1.29 is 4.74 Å². The van der Waals surface area contributed by atoms with E-state index in [1.165, 1.54) is 6.33 Å². The highest BCUT2D eigenvalue weighted by Crippen LogP contribution is 2.26. The predicted octanol–water partition coefficient (Wildman–Crippen LogP) is 1.60. The number of aromatic amines is 1. The summed E-state index contributed by atoms with van der Waals surface area (Å²) in [6.45, 7) is 0. The standard InChI is InChI=1S/C12H8N6O/c13-5-7-2-1-3-8(4-7)19-11-9-10(16-6-15-9)17-12(14)18-11/h1-4,6H,(H3,14,15,16,17,18). The molecule has 0 spiro atoms. The van der Waals surface area contributed by atoms with Crippen LogP contribution in [0.5, 0.6) is 11.6 Å². The van der Waals surface area contributed by atoms with Gasteiger partial charge in [-0.05, 0) is 18.2 Å². The Morgan fingerprint density at radius 2 is 2.21 bits per heavy atom. The lowest BCUT2D eigenvalue weighted by Crippen LogP contribution is -1.98. The number of nitrogens with zero attached hydrogens (tertiary/aromatic N) is 4. The van der Waals surface area contributed by atoms with E-state index in [0.717, 1.165) is 0 Å². The van der Waals surface area contributed by atoms with Crippen molar-refractivity contribution in [3.8, 4) is 17.7 Å². The minimum Gasteiger partial charge on any atom is -0.437 e. The molecule has 7 heteroatoms. The van der Waals surface area contributed by atoms with E-state index in [-0.39, 0.29) is 11.8 Å². The Balaban J connectivity index is 2.05. The third kappa shape index (κ3) is 2.02. The van der Waals surface area contributed by atoms with Crippen LogP contribution in [0.25, 0.3) is 11.2 Å². The van der Waals surface area contributed by atoms with Crippen molar-refractivity contribution in [2.45, 2.75) is 0 Å². The summed E-state index contributed by atoms with van der Waals surface area (Å²) in [4.78, 5) is 14.9. The number of nitrogens with two attached hydrogens (primary N) is 1. The van der Waals surface area contributed by atoms with Crippen molar-refractivity contribution in [1.82, 2.24) is 19.9 Å². The molecular formula is C12H8N6O. The van der Waals surface area contributed by atoms with Crippen LogP contribution in [0.4, 0.5) is 5.95 Å². The smallest absolute Gasteiger partial charge is 0.250 e. The van der Waals surface area contributed by atoms with E-state index in [2.05, 4.69) is 19.9 Å². The average Bonchev–Trinajstić information content (AvgIpc) is 2.87. The Bertz CT molecular complexity index is 788. The number of hydrogen-bond acceptors (Lipinski definition) is 6. The molecule has 1 aromatic carbocycles. The lowest BCUT2D eigenvalue weighted by Gasteiger charge is -2.05. The molecule has 0 bridgehead atoms. The maximum absolute atomic E-state index is 8.84. The number of rotatable bonds is 2. The monoisotopic (exact) mass is 252 g/mol. The van der Waals surface area contributed by atoms with Crippen molar-refractivity contribution in [2.75, 3.05) is 5.73 Å². The van der Waals surface area contributed by atoms with Gasteiger partial charge in [0.25, 0.3) is 5.88 Å².